The summed E-state index contributed by atoms with van der Waals surface area (Å²) in [5, 5.41) is 22.1. The van der Waals surface area contributed by atoms with Crippen molar-refractivity contribution >= 4 is 21.1 Å². The van der Waals surface area contributed by atoms with Crippen LogP contribution in [0.2, 0.25) is 0 Å². The molecule has 0 bridgehead atoms. The van der Waals surface area contributed by atoms with Gasteiger partial charge in [0, 0.05) is 11.6 Å². The van der Waals surface area contributed by atoms with Crippen LogP contribution in [-0.2, 0) is 11.0 Å². The van der Waals surface area contributed by atoms with Crippen LogP contribution in [0.3, 0.4) is 0 Å². The Kier molecular flexibility index (Phi) is 6.25. The Morgan fingerprint density at radius 3 is 1.89 bits per heavy atom. The fraction of sp³-hybridized carbons (Fsp3) is 0.100. The van der Waals surface area contributed by atoms with Crippen molar-refractivity contribution in [1.29, 1.82) is 0 Å². The number of hydrogen-bond donors (Lipinski definition) is 0. The van der Waals surface area contributed by atoms with Crippen molar-refractivity contribution in [3.05, 3.63) is 116 Å². The van der Waals surface area contributed by atoms with Gasteiger partial charge in [-0.3, -0.25) is 20.2 Å². The van der Waals surface area contributed by atoms with Crippen molar-refractivity contribution in [1.82, 2.24) is 0 Å². The average Bonchev–Trinajstić information content (AvgIpc) is 2.72. The summed E-state index contributed by atoms with van der Waals surface area (Å²) in [6.07, 6.45) is 0. The number of benzene rings is 3. The molecule has 0 aliphatic rings. The Bertz CT molecular complexity index is 927. The highest BCUT2D eigenvalue weighted by atomic mass is 28.2. The van der Waals surface area contributed by atoms with Gasteiger partial charge in [-0.2, -0.15) is 0 Å². The van der Waals surface area contributed by atoms with Gasteiger partial charge in [0.15, 0.2) is 0 Å². The molecule has 2 radical (unpaired) electrons. The summed E-state index contributed by atoms with van der Waals surface area (Å²) in [5.74, 6) is 0. The molecule has 3 aromatic carbocycles. The number of nitro groups is 2. The molecule has 3 rings (SSSR count). The van der Waals surface area contributed by atoms with Crippen molar-refractivity contribution in [2.45, 2.75) is 12.1 Å². The Balaban J connectivity index is 1.78. The molecule has 0 saturated heterocycles. The molecule has 0 aliphatic heterocycles. The van der Waals surface area contributed by atoms with Crippen LogP contribution in [0.15, 0.2) is 78.9 Å². The molecule has 8 heteroatoms. The number of nitrogens with zero attached hydrogens (tertiary/aromatic N) is 2. The molecule has 0 atom stereocenters. The summed E-state index contributed by atoms with van der Waals surface area (Å²) < 4.78 is 5.84. The number of nitro benzene ring substituents is 2. The van der Waals surface area contributed by atoms with Crippen molar-refractivity contribution in [2.75, 3.05) is 0 Å². The SMILES string of the molecule is O=[N+]([O-])c1ccc(CO[Si]C(c2ccccc2)c2ccccc2)c([N+](=O)[O-])c1. The molecule has 0 heterocycles. The number of non-ortho nitro benzene ring substituents is 1. The van der Waals surface area contributed by atoms with Gasteiger partial charge in [-0.1, -0.05) is 60.7 Å². The van der Waals surface area contributed by atoms with E-state index >= 15 is 0 Å². The van der Waals surface area contributed by atoms with Gasteiger partial charge in [0.1, 0.15) is 0 Å². The van der Waals surface area contributed by atoms with E-state index in [9.17, 15) is 20.2 Å². The maximum atomic E-state index is 11.3. The van der Waals surface area contributed by atoms with Gasteiger partial charge in [0.05, 0.1) is 28.1 Å². The van der Waals surface area contributed by atoms with E-state index in [0.29, 0.717) is 5.56 Å². The number of hydrogen-bond acceptors (Lipinski definition) is 5. The third-order valence-electron chi connectivity index (χ3n) is 4.17. The largest absolute Gasteiger partial charge is 0.412 e. The zero-order valence-electron chi connectivity index (χ0n) is 14.7. The Morgan fingerprint density at radius 1 is 0.821 bits per heavy atom. The fourth-order valence-electron chi connectivity index (χ4n) is 2.78. The Labute approximate surface area is 163 Å². The van der Waals surface area contributed by atoms with E-state index in [1.807, 2.05) is 60.7 Å². The molecule has 0 saturated carbocycles. The van der Waals surface area contributed by atoms with Crippen LogP contribution >= 0.6 is 0 Å². The van der Waals surface area contributed by atoms with Crippen LogP contribution in [-0.4, -0.2) is 19.6 Å². The summed E-state index contributed by atoms with van der Waals surface area (Å²) in [7, 11) is 0.0298. The van der Waals surface area contributed by atoms with Gasteiger partial charge in [-0.15, -0.1) is 0 Å². The standard InChI is InChI=1S/C20H16N2O5Si/c23-21(24)18-12-11-17(19(13-18)22(25)26)14-27-28-20(15-7-3-1-4-8-15)16-9-5-2-6-10-16/h1-13,20H,14H2. The van der Waals surface area contributed by atoms with Gasteiger partial charge in [0.25, 0.3) is 11.4 Å². The second-order valence-electron chi connectivity index (χ2n) is 5.99. The predicted octanol–water partition coefficient (Wildman–Crippen LogP) is 4.43. The summed E-state index contributed by atoms with van der Waals surface area (Å²) >= 11 is 0. The van der Waals surface area contributed by atoms with Gasteiger partial charge in [0.2, 0.25) is 9.76 Å². The van der Waals surface area contributed by atoms with Crippen LogP contribution < -0.4 is 0 Å². The quantitative estimate of drug-likeness (QED) is 0.321. The lowest BCUT2D eigenvalue weighted by molar-refractivity contribution is -0.394. The lowest BCUT2D eigenvalue weighted by Crippen LogP contribution is -2.14. The molecule has 28 heavy (non-hydrogen) atoms. The molecule has 0 amide bonds. The van der Waals surface area contributed by atoms with E-state index in [1.54, 1.807) is 0 Å². The topological polar surface area (TPSA) is 95.5 Å². The zero-order valence-corrected chi connectivity index (χ0v) is 15.7. The monoisotopic (exact) mass is 392 g/mol. The minimum atomic E-state index is -0.653. The van der Waals surface area contributed by atoms with Crippen LogP contribution in [0.1, 0.15) is 22.2 Å². The van der Waals surface area contributed by atoms with Crippen LogP contribution in [0, 0.1) is 20.2 Å². The molecule has 0 spiro atoms. The first-order valence-electron chi connectivity index (χ1n) is 8.45. The Morgan fingerprint density at radius 2 is 1.39 bits per heavy atom. The summed E-state index contributed by atoms with van der Waals surface area (Å²) in [6, 6.07) is 23.4. The van der Waals surface area contributed by atoms with E-state index in [0.717, 1.165) is 17.2 Å². The molecule has 0 unspecified atom stereocenters. The normalized spacial score (nSPS) is 10.8. The lowest BCUT2D eigenvalue weighted by atomic mass is 10.0. The van der Waals surface area contributed by atoms with Crippen molar-refractivity contribution in [3.63, 3.8) is 0 Å². The first kappa shape index (κ1) is 19.4. The fourth-order valence-corrected chi connectivity index (χ4v) is 3.84. The van der Waals surface area contributed by atoms with E-state index < -0.39 is 9.85 Å². The zero-order chi connectivity index (χ0) is 19.9. The van der Waals surface area contributed by atoms with E-state index in [-0.39, 0.29) is 33.3 Å². The molecule has 0 fully saturated rings. The molecule has 0 aromatic heterocycles. The van der Waals surface area contributed by atoms with Crippen LogP contribution in [0.5, 0.6) is 0 Å². The second kappa shape index (κ2) is 9.02. The lowest BCUT2D eigenvalue weighted by Gasteiger charge is -2.16. The molecule has 0 aliphatic carbocycles. The summed E-state index contributed by atoms with van der Waals surface area (Å²) in [5.41, 5.74) is 1.86. The molecule has 3 aromatic rings. The van der Waals surface area contributed by atoms with Crippen molar-refractivity contribution in [3.8, 4) is 0 Å². The molecule has 140 valence electrons. The van der Waals surface area contributed by atoms with Gasteiger partial charge in [-0.05, 0) is 17.2 Å². The van der Waals surface area contributed by atoms with Gasteiger partial charge < -0.3 is 4.43 Å². The molecular formula is C20H16N2O5Si. The minimum absolute atomic E-state index is 0.000459. The Hall–Kier alpha value is -3.36. The highest BCUT2D eigenvalue weighted by molar-refractivity contribution is 6.31. The average molecular weight is 392 g/mol. The second-order valence-corrected chi connectivity index (χ2v) is 7.09. The van der Waals surface area contributed by atoms with E-state index in [1.165, 1.54) is 12.1 Å². The van der Waals surface area contributed by atoms with E-state index in [4.69, 9.17) is 4.43 Å². The van der Waals surface area contributed by atoms with Gasteiger partial charge >= 0.3 is 0 Å². The maximum Gasteiger partial charge on any atom is 0.281 e. The summed E-state index contributed by atoms with van der Waals surface area (Å²) in [6.45, 7) is 0.00290. The first-order valence-corrected chi connectivity index (χ1v) is 9.43. The smallest absolute Gasteiger partial charge is 0.281 e. The third kappa shape index (κ3) is 4.67. The van der Waals surface area contributed by atoms with E-state index in [2.05, 4.69) is 0 Å². The third-order valence-corrected chi connectivity index (χ3v) is 5.38. The van der Waals surface area contributed by atoms with Crippen LogP contribution in [0.4, 0.5) is 11.4 Å². The first-order chi connectivity index (χ1) is 13.6. The highest BCUT2D eigenvalue weighted by Crippen LogP contribution is 2.27. The predicted molar refractivity (Wildman–Crippen MR) is 105 cm³/mol. The molecular weight excluding hydrogens is 376 g/mol. The highest BCUT2D eigenvalue weighted by Gasteiger charge is 2.21. The number of rotatable bonds is 8. The molecule has 7 nitrogen and oxygen atoms in total. The van der Waals surface area contributed by atoms with Crippen molar-refractivity contribution in [2.24, 2.45) is 0 Å². The van der Waals surface area contributed by atoms with Crippen LogP contribution in [0.25, 0.3) is 0 Å². The van der Waals surface area contributed by atoms with Crippen molar-refractivity contribution < 1.29 is 14.3 Å². The maximum absolute atomic E-state index is 11.3. The molecule has 0 N–H and O–H groups in total. The van der Waals surface area contributed by atoms with Gasteiger partial charge in [-0.25, -0.2) is 0 Å². The summed E-state index contributed by atoms with van der Waals surface area (Å²) in [4.78, 5) is 20.8. The minimum Gasteiger partial charge on any atom is -0.412 e.